The van der Waals surface area contributed by atoms with Crippen molar-refractivity contribution < 1.29 is 31.5 Å². The Morgan fingerprint density at radius 2 is 0.923 bits per heavy atom. The summed E-state index contributed by atoms with van der Waals surface area (Å²) in [4.78, 5) is 24.8. The van der Waals surface area contributed by atoms with Crippen molar-refractivity contribution in [2.75, 3.05) is 12.3 Å². The molecule has 0 amide bonds. The molecule has 0 unspecified atom stereocenters. The monoisotopic (exact) mass is 448 g/mol. The summed E-state index contributed by atoms with van der Waals surface area (Å²) in [6.07, 6.45) is 6.39. The number of carbonyl (C=O) groups excluding carboxylic acids is 3. The van der Waals surface area contributed by atoms with Gasteiger partial charge in [-0.15, -0.1) is 0 Å². The molecule has 0 aromatic rings. The minimum atomic E-state index is -0.114. The summed E-state index contributed by atoms with van der Waals surface area (Å²) in [6, 6.07) is 0. The summed E-state index contributed by atoms with van der Waals surface area (Å²) in [7, 11) is -0.229. The van der Waals surface area contributed by atoms with Crippen LogP contribution in [-0.2, 0) is 31.5 Å². The van der Waals surface area contributed by atoms with Crippen LogP contribution in [0.5, 0.6) is 0 Å². The van der Waals surface area contributed by atoms with Gasteiger partial charge in [0.2, 0.25) is 0 Å². The molecule has 0 heterocycles. The smallest absolute Gasteiger partial charge is 0.545 e. The van der Waals surface area contributed by atoms with E-state index in [1.807, 2.05) is 6.92 Å². The molecule has 0 rings (SSSR count). The Hall–Kier alpha value is 0.389. The van der Waals surface area contributed by atoms with Gasteiger partial charge in [-0.05, 0) is 55.4 Å². The van der Waals surface area contributed by atoms with E-state index in [4.69, 9.17) is 9.59 Å². The van der Waals surface area contributed by atoms with Gasteiger partial charge in [0, 0.05) is 15.8 Å². The van der Waals surface area contributed by atoms with Gasteiger partial charge in [0.1, 0.15) is 0 Å². The SMILES string of the molecule is CC(C)[PH+](CC[PH+](C(C)C)C(C)C)C(C)C.CCC[C-]=O.[CH-]=O.[CH-]=O.[Mn+2]. The zero-order valence-corrected chi connectivity index (χ0v) is 21.6. The van der Waals surface area contributed by atoms with Gasteiger partial charge in [0.25, 0.3) is 0 Å². The van der Waals surface area contributed by atoms with Crippen molar-refractivity contribution in [3.63, 3.8) is 0 Å². The van der Waals surface area contributed by atoms with E-state index in [1.165, 1.54) is 0 Å². The second-order valence-corrected chi connectivity index (χ2v) is 15.1. The van der Waals surface area contributed by atoms with E-state index in [2.05, 4.69) is 69.0 Å². The van der Waals surface area contributed by atoms with Crippen LogP contribution in [0.2, 0.25) is 0 Å². The van der Waals surface area contributed by atoms with Crippen LogP contribution in [0.1, 0.15) is 75.2 Å². The van der Waals surface area contributed by atoms with Gasteiger partial charge in [-0.2, -0.15) is 6.42 Å². The van der Waals surface area contributed by atoms with Crippen molar-refractivity contribution in [1.82, 2.24) is 0 Å². The molecule has 0 spiro atoms. The summed E-state index contributed by atoms with van der Waals surface area (Å²) in [6.45, 7) is 27.9. The fourth-order valence-corrected chi connectivity index (χ4v) is 10.2. The second-order valence-electron chi connectivity index (χ2n) is 7.16. The molecule has 1 radical (unpaired) electrons. The molecule has 0 atom stereocenters. The van der Waals surface area contributed by atoms with Gasteiger partial charge < -0.3 is 14.4 Å². The van der Waals surface area contributed by atoms with Gasteiger partial charge in [-0.25, -0.2) is 0 Å². The fraction of sp³-hybridized carbons (Fsp3) is 0.850. The Morgan fingerprint density at radius 1 is 0.692 bits per heavy atom. The van der Waals surface area contributed by atoms with Gasteiger partial charge in [0.15, 0.2) is 0 Å². The molecule has 0 aliphatic carbocycles. The van der Waals surface area contributed by atoms with E-state index in [9.17, 15) is 4.79 Å². The van der Waals surface area contributed by atoms with Crippen molar-refractivity contribution >= 4 is 35.7 Å². The molecular formula is C20H43MnO3P2+. The molecule has 0 saturated carbocycles. The van der Waals surface area contributed by atoms with Crippen LogP contribution in [0.4, 0.5) is 0 Å². The normalized spacial score (nSPS) is 9.81. The maximum absolute atomic E-state index is 9.28. The average molecular weight is 448 g/mol. The molecular weight excluding hydrogens is 405 g/mol. The molecule has 0 saturated heterocycles. The first-order valence-corrected chi connectivity index (χ1v) is 12.9. The molecule has 0 bridgehead atoms. The first kappa shape index (κ1) is 37.2. The predicted octanol–water partition coefficient (Wildman–Crippen LogP) is 5.39. The maximum atomic E-state index is 9.28. The molecule has 0 N–H and O–H groups in total. The van der Waals surface area contributed by atoms with Crippen LogP contribution >= 0.6 is 15.8 Å². The summed E-state index contributed by atoms with van der Waals surface area (Å²) in [5.74, 6) is 0. The Kier molecular flexibility index (Phi) is 39.5. The molecule has 0 aliphatic rings. The molecule has 0 fully saturated rings. The molecule has 0 aromatic carbocycles. The molecule has 6 heteroatoms. The van der Waals surface area contributed by atoms with Gasteiger partial charge in [-0.1, -0.05) is 13.3 Å². The van der Waals surface area contributed by atoms with Crippen molar-refractivity contribution in [2.45, 2.75) is 97.8 Å². The Bertz CT molecular complexity index is 238. The van der Waals surface area contributed by atoms with Crippen LogP contribution in [0.15, 0.2) is 0 Å². The van der Waals surface area contributed by atoms with Gasteiger partial charge in [0.05, 0.1) is 35.0 Å². The standard InChI is InChI=1S/C14H32P2.C4H7O.2CHO.Mn/c1-11(2)15(12(3)4)9-10-16(13(5)6)14(7)8;1-2-3-4-5;2*1-2;/h11-14H,9-10H2,1-8H3;2-3H2,1H3;2*1H;/q;3*-1;+2/p+2. The first-order chi connectivity index (χ1) is 11.7. The number of rotatable bonds is 9. The Morgan fingerprint density at radius 3 is 1.00 bits per heavy atom. The molecule has 3 nitrogen and oxygen atoms in total. The molecule has 26 heavy (non-hydrogen) atoms. The molecule has 157 valence electrons. The zero-order valence-electron chi connectivity index (χ0n) is 18.4. The predicted molar refractivity (Wildman–Crippen MR) is 121 cm³/mol. The zero-order chi connectivity index (χ0) is 21.0. The van der Waals surface area contributed by atoms with Crippen molar-refractivity contribution in [3.8, 4) is 0 Å². The number of hydrogen-bond acceptors (Lipinski definition) is 3. The van der Waals surface area contributed by atoms with E-state index in [0.29, 0.717) is 6.42 Å². The summed E-state index contributed by atoms with van der Waals surface area (Å²) in [5, 5.41) is 0. The quantitative estimate of drug-likeness (QED) is 0.206. The van der Waals surface area contributed by atoms with Crippen LogP contribution in [0.25, 0.3) is 0 Å². The second kappa shape index (κ2) is 27.6. The van der Waals surface area contributed by atoms with Crippen LogP contribution in [0, 0.1) is 0 Å². The van der Waals surface area contributed by atoms with E-state index in [-0.39, 0.29) is 32.9 Å². The third kappa shape index (κ3) is 24.4. The van der Waals surface area contributed by atoms with E-state index >= 15 is 0 Å². The summed E-state index contributed by atoms with van der Waals surface area (Å²) >= 11 is 0. The third-order valence-electron chi connectivity index (χ3n) is 4.02. The van der Waals surface area contributed by atoms with Gasteiger partial charge in [-0.3, -0.25) is 19.9 Å². The van der Waals surface area contributed by atoms with E-state index in [0.717, 1.165) is 29.1 Å². The Balaban J connectivity index is -0.000000124. The fourth-order valence-electron chi connectivity index (χ4n) is 2.88. The van der Waals surface area contributed by atoms with Crippen molar-refractivity contribution in [1.29, 1.82) is 0 Å². The van der Waals surface area contributed by atoms with Crippen molar-refractivity contribution in [2.24, 2.45) is 0 Å². The maximum Gasteiger partial charge on any atom is 2.00 e. The minimum absolute atomic E-state index is 0. The van der Waals surface area contributed by atoms with Crippen LogP contribution < -0.4 is 0 Å². The number of hydrogen-bond donors (Lipinski definition) is 0. The summed E-state index contributed by atoms with van der Waals surface area (Å²) in [5.41, 5.74) is 3.81. The number of unbranched alkanes of at least 4 members (excludes halogenated alkanes) is 1. The largest absolute Gasteiger partial charge is 2.00 e. The summed E-state index contributed by atoms with van der Waals surface area (Å²) < 4.78 is 0. The van der Waals surface area contributed by atoms with E-state index < -0.39 is 0 Å². The molecule has 0 aliphatic heterocycles. The van der Waals surface area contributed by atoms with Crippen LogP contribution in [-0.4, -0.2) is 54.8 Å². The minimum Gasteiger partial charge on any atom is -0.545 e. The first-order valence-electron chi connectivity index (χ1n) is 9.22. The molecule has 0 aromatic heterocycles. The van der Waals surface area contributed by atoms with Crippen LogP contribution in [0.3, 0.4) is 0 Å². The van der Waals surface area contributed by atoms with Crippen molar-refractivity contribution in [3.05, 3.63) is 0 Å². The Labute approximate surface area is 177 Å². The third-order valence-corrected chi connectivity index (χ3v) is 12.1. The average Bonchev–Trinajstić information content (AvgIpc) is 2.55. The van der Waals surface area contributed by atoms with Gasteiger partial charge >= 0.3 is 17.1 Å². The van der Waals surface area contributed by atoms with E-state index in [1.54, 1.807) is 18.6 Å². The topological polar surface area (TPSA) is 51.2 Å².